The lowest BCUT2D eigenvalue weighted by Crippen LogP contribution is -2.36. The lowest BCUT2D eigenvalue weighted by molar-refractivity contribution is 0.0467. The van der Waals surface area contributed by atoms with E-state index in [0.29, 0.717) is 30.5 Å². The standard InChI is InChI=1S/C18H27N5O3/c1-4-5-14-13(10-19-22-14)17(24)20-15(12-6-8-25-9-7-12)18-21-16(11(2)3)23-26-18/h10-12,15H,4-9H2,1-3H3,(H,19,22)(H,20,24). The van der Waals surface area contributed by atoms with E-state index in [0.717, 1.165) is 31.4 Å². The Bertz CT molecular complexity index is 718. The summed E-state index contributed by atoms with van der Waals surface area (Å²) < 4.78 is 11.0. The molecule has 142 valence electrons. The number of nitrogens with zero attached hydrogens (tertiary/aromatic N) is 3. The number of aromatic nitrogens is 4. The minimum absolute atomic E-state index is 0.164. The highest BCUT2D eigenvalue weighted by atomic mass is 16.5. The number of aryl methyl sites for hydroxylation is 1. The van der Waals surface area contributed by atoms with Crippen LogP contribution in [0.3, 0.4) is 0 Å². The Balaban J connectivity index is 1.82. The van der Waals surface area contributed by atoms with Crippen LogP contribution in [0.1, 0.15) is 79.8 Å². The van der Waals surface area contributed by atoms with Gasteiger partial charge in [0.25, 0.3) is 5.91 Å². The third-order valence-electron chi connectivity index (χ3n) is 4.73. The van der Waals surface area contributed by atoms with Crippen LogP contribution in [0.4, 0.5) is 0 Å². The highest BCUT2D eigenvalue weighted by Gasteiger charge is 2.32. The predicted octanol–water partition coefficient (Wildman–Crippen LogP) is 2.77. The number of hydrogen-bond acceptors (Lipinski definition) is 6. The summed E-state index contributed by atoms with van der Waals surface area (Å²) in [6, 6.07) is -0.323. The lowest BCUT2D eigenvalue weighted by Gasteiger charge is -2.28. The van der Waals surface area contributed by atoms with Gasteiger partial charge in [0, 0.05) is 24.8 Å². The van der Waals surface area contributed by atoms with Crippen molar-refractivity contribution in [2.75, 3.05) is 13.2 Å². The van der Waals surface area contributed by atoms with E-state index in [4.69, 9.17) is 9.26 Å². The van der Waals surface area contributed by atoms with E-state index in [-0.39, 0.29) is 23.8 Å². The fraction of sp³-hybridized carbons (Fsp3) is 0.667. The molecule has 1 atom stereocenters. The summed E-state index contributed by atoms with van der Waals surface area (Å²) in [6.07, 6.45) is 4.99. The normalized spacial score (nSPS) is 16.8. The zero-order valence-electron chi connectivity index (χ0n) is 15.6. The molecule has 0 radical (unpaired) electrons. The molecule has 1 aliphatic heterocycles. The van der Waals surface area contributed by atoms with E-state index >= 15 is 0 Å². The Labute approximate surface area is 153 Å². The minimum atomic E-state index is -0.323. The summed E-state index contributed by atoms with van der Waals surface area (Å²) in [4.78, 5) is 17.4. The Morgan fingerprint density at radius 3 is 2.81 bits per heavy atom. The number of nitrogens with one attached hydrogen (secondary N) is 2. The van der Waals surface area contributed by atoms with Crippen LogP contribution >= 0.6 is 0 Å². The summed E-state index contributed by atoms with van der Waals surface area (Å²) in [5, 5.41) is 14.1. The van der Waals surface area contributed by atoms with Gasteiger partial charge in [-0.1, -0.05) is 32.3 Å². The maximum atomic E-state index is 12.9. The number of amides is 1. The van der Waals surface area contributed by atoms with Gasteiger partial charge in [0.05, 0.1) is 11.8 Å². The zero-order valence-corrected chi connectivity index (χ0v) is 15.6. The Morgan fingerprint density at radius 2 is 2.15 bits per heavy atom. The van der Waals surface area contributed by atoms with E-state index in [2.05, 4.69) is 32.6 Å². The highest BCUT2D eigenvalue weighted by Crippen LogP contribution is 2.30. The average Bonchev–Trinajstić information content (AvgIpc) is 3.30. The summed E-state index contributed by atoms with van der Waals surface area (Å²) >= 11 is 0. The summed E-state index contributed by atoms with van der Waals surface area (Å²) in [5.74, 6) is 1.33. The van der Waals surface area contributed by atoms with Crippen molar-refractivity contribution >= 4 is 5.91 Å². The molecule has 1 unspecified atom stereocenters. The van der Waals surface area contributed by atoms with Gasteiger partial charge in [-0.2, -0.15) is 10.1 Å². The van der Waals surface area contributed by atoms with Crippen LogP contribution in [0.25, 0.3) is 0 Å². The quantitative estimate of drug-likeness (QED) is 0.785. The molecule has 1 saturated heterocycles. The molecule has 0 saturated carbocycles. The molecule has 2 aromatic rings. The lowest BCUT2D eigenvalue weighted by atomic mass is 9.91. The predicted molar refractivity (Wildman–Crippen MR) is 94.7 cm³/mol. The van der Waals surface area contributed by atoms with Crippen LogP contribution in [0, 0.1) is 5.92 Å². The molecule has 0 aliphatic carbocycles. The van der Waals surface area contributed by atoms with Gasteiger partial charge in [-0.3, -0.25) is 9.89 Å². The molecule has 2 N–H and O–H groups in total. The maximum absolute atomic E-state index is 12.9. The number of carbonyl (C=O) groups is 1. The molecule has 8 heteroatoms. The third-order valence-corrected chi connectivity index (χ3v) is 4.73. The second kappa shape index (κ2) is 8.44. The van der Waals surface area contributed by atoms with Gasteiger partial charge in [0.15, 0.2) is 5.82 Å². The van der Waals surface area contributed by atoms with Crippen LogP contribution in [0.2, 0.25) is 0 Å². The van der Waals surface area contributed by atoms with E-state index in [1.54, 1.807) is 6.20 Å². The molecule has 3 heterocycles. The van der Waals surface area contributed by atoms with Gasteiger partial charge in [0.2, 0.25) is 5.89 Å². The number of H-pyrrole nitrogens is 1. The van der Waals surface area contributed by atoms with E-state index in [1.807, 2.05) is 13.8 Å². The van der Waals surface area contributed by atoms with Crippen molar-refractivity contribution < 1.29 is 14.1 Å². The van der Waals surface area contributed by atoms with Gasteiger partial charge in [-0.05, 0) is 25.2 Å². The Morgan fingerprint density at radius 1 is 1.38 bits per heavy atom. The van der Waals surface area contributed by atoms with E-state index in [9.17, 15) is 4.79 Å². The Hall–Kier alpha value is -2.22. The Kier molecular flexibility index (Phi) is 6.03. The molecule has 0 aromatic carbocycles. The molecule has 1 aliphatic rings. The van der Waals surface area contributed by atoms with Gasteiger partial charge >= 0.3 is 0 Å². The SMILES string of the molecule is CCCc1[nH]ncc1C(=O)NC(c1nc(C(C)C)no1)C1CCOCC1. The monoisotopic (exact) mass is 361 g/mol. The van der Waals surface area contributed by atoms with Gasteiger partial charge < -0.3 is 14.6 Å². The second-order valence-corrected chi connectivity index (χ2v) is 7.06. The first-order valence-electron chi connectivity index (χ1n) is 9.34. The molecular weight excluding hydrogens is 334 g/mol. The minimum Gasteiger partial charge on any atom is -0.381 e. The van der Waals surface area contributed by atoms with Crippen LogP contribution in [0.5, 0.6) is 0 Å². The van der Waals surface area contributed by atoms with Gasteiger partial charge in [-0.15, -0.1) is 0 Å². The van der Waals surface area contributed by atoms with Crippen molar-refractivity contribution in [3.8, 4) is 0 Å². The van der Waals surface area contributed by atoms with Crippen molar-refractivity contribution in [1.82, 2.24) is 25.7 Å². The first kappa shape index (κ1) is 18.6. The van der Waals surface area contributed by atoms with E-state index in [1.165, 1.54) is 0 Å². The molecule has 0 spiro atoms. The van der Waals surface area contributed by atoms with Gasteiger partial charge in [0.1, 0.15) is 6.04 Å². The van der Waals surface area contributed by atoms with Crippen molar-refractivity contribution in [1.29, 1.82) is 0 Å². The average molecular weight is 361 g/mol. The van der Waals surface area contributed by atoms with Crippen molar-refractivity contribution in [2.45, 2.75) is 58.4 Å². The fourth-order valence-electron chi connectivity index (χ4n) is 3.21. The molecule has 1 fully saturated rings. The molecule has 2 aromatic heterocycles. The summed E-state index contributed by atoms with van der Waals surface area (Å²) in [5.41, 5.74) is 1.43. The van der Waals surface area contributed by atoms with Crippen LogP contribution in [-0.2, 0) is 11.2 Å². The first-order chi connectivity index (χ1) is 12.6. The van der Waals surface area contributed by atoms with E-state index < -0.39 is 0 Å². The summed E-state index contributed by atoms with van der Waals surface area (Å²) in [6.45, 7) is 7.45. The third kappa shape index (κ3) is 4.12. The molecular formula is C18H27N5O3. The maximum Gasteiger partial charge on any atom is 0.255 e. The smallest absolute Gasteiger partial charge is 0.255 e. The number of ether oxygens (including phenoxy) is 1. The number of rotatable bonds is 7. The summed E-state index contributed by atoms with van der Waals surface area (Å²) in [7, 11) is 0. The fourth-order valence-corrected chi connectivity index (χ4v) is 3.21. The highest BCUT2D eigenvalue weighted by molar-refractivity contribution is 5.95. The van der Waals surface area contributed by atoms with Crippen LogP contribution in [0.15, 0.2) is 10.7 Å². The molecule has 1 amide bonds. The number of hydrogen-bond donors (Lipinski definition) is 2. The molecule has 3 rings (SSSR count). The van der Waals surface area contributed by atoms with Crippen LogP contribution in [-0.4, -0.2) is 39.5 Å². The van der Waals surface area contributed by atoms with Crippen molar-refractivity contribution in [3.63, 3.8) is 0 Å². The molecule has 26 heavy (non-hydrogen) atoms. The number of carbonyl (C=O) groups excluding carboxylic acids is 1. The van der Waals surface area contributed by atoms with Crippen molar-refractivity contribution in [3.05, 3.63) is 29.2 Å². The number of aromatic amines is 1. The van der Waals surface area contributed by atoms with Crippen molar-refractivity contribution in [2.24, 2.45) is 5.92 Å². The molecule has 0 bridgehead atoms. The zero-order chi connectivity index (χ0) is 18.5. The largest absolute Gasteiger partial charge is 0.381 e. The van der Waals surface area contributed by atoms with Gasteiger partial charge in [-0.25, -0.2) is 0 Å². The first-order valence-corrected chi connectivity index (χ1v) is 9.34. The second-order valence-electron chi connectivity index (χ2n) is 7.06. The topological polar surface area (TPSA) is 106 Å². The molecule has 8 nitrogen and oxygen atoms in total. The van der Waals surface area contributed by atoms with Crippen LogP contribution < -0.4 is 5.32 Å².